The molecule has 1 aromatic carbocycles. The Balaban J connectivity index is 1.35. The lowest BCUT2D eigenvalue weighted by atomic mass is 10.0. The normalized spacial score (nSPS) is 22.0. The molecule has 0 saturated carbocycles. The average molecular weight is 361 g/mol. The molecular formula is C21H23N5O. The van der Waals surface area contributed by atoms with Crippen LogP contribution in [0.25, 0.3) is 22.0 Å². The summed E-state index contributed by atoms with van der Waals surface area (Å²) in [7, 11) is 1.86. The van der Waals surface area contributed by atoms with Crippen LogP contribution in [0.1, 0.15) is 31.4 Å². The van der Waals surface area contributed by atoms with E-state index >= 15 is 0 Å². The molecule has 3 aromatic rings. The first-order valence-electron chi connectivity index (χ1n) is 9.68. The number of ketones is 1. The zero-order chi connectivity index (χ0) is 18.4. The van der Waals surface area contributed by atoms with Gasteiger partial charge in [0.05, 0.1) is 19.2 Å². The van der Waals surface area contributed by atoms with Crippen LogP contribution in [0.15, 0.2) is 36.7 Å². The topological polar surface area (TPSA) is 63.9 Å². The number of nitrogens with zero attached hydrogens (tertiary/aromatic N) is 5. The van der Waals surface area contributed by atoms with Gasteiger partial charge in [0, 0.05) is 42.0 Å². The quantitative estimate of drug-likeness (QED) is 0.699. The van der Waals surface area contributed by atoms with E-state index < -0.39 is 0 Å². The van der Waals surface area contributed by atoms with Crippen molar-refractivity contribution in [3.05, 3.63) is 42.4 Å². The third kappa shape index (κ3) is 3.14. The molecule has 0 spiro atoms. The number of hydrogen-bond acceptors (Lipinski definition) is 5. The molecular weight excluding hydrogens is 338 g/mol. The molecule has 138 valence electrons. The van der Waals surface area contributed by atoms with Crippen LogP contribution in [0.2, 0.25) is 0 Å². The Morgan fingerprint density at radius 1 is 1.11 bits per heavy atom. The van der Waals surface area contributed by atoms with Gasteiger partial charge in [-0.05, 0) is 43.2 Å². The number of pyridine rings is 1. The van der Waals surface area contributed by atoms with Gasteiger partial charge in [-0.2, -0.15) is 0 Å². The summed E-state index contributed by atoms with van der Waals surface area (Å²) in [6, 6.07) is 9.47. The molecule has 2 aliphatic heterocycles. The van der Waals surface area contributed by atoms with Gasteiger partial charge < -0.3 is 0 Å². The highest BCUT2D eigenvalue weighted by atomic mass is 16.1. The minimum Gasteiger partial charge on any atom is -0.298 e. The highest BCUT2D eigenvalue weighted by Crippen LogP contribution is 2.37. The Labute approximate surface area is 158 Å². The van der Waals surface area contributed by atoms with Gasteiger partial charge >= 0.3 is 0 Å². The SMILES string of the molecule is Cn1cc(-c2ccc3cnc(CC(=O)CN4C5CCC4CC5)cc3c2)nn1. The summed E-state index contributed by atoms with van der Waals surface area (Å²) < 4.78 is 1.70. The number of carbonyl (C=O) groups excluding carboxylic acids is 1. The standard InChI is InChI=1S/C21H23N5O/c1-25-13-21(23-24-25)14-2-3-15-11-22-17(9-16(15)8-14)10-20(27)12-26-18-4-5-19(26)7-6-18/h2-3,8-9,11,13,18-19H,4-7,10,12H2,1H3. The molecule has 2 aliphatic rings. The van der Waals surface area contributed by atoms with Gasteiger partial charge in [0.25, 0.3) is 0 Å². The molecule has 2 bridgehead atoms. The fraction of sp³-hybridized carbons (Fsp3) is 0.429. The summed E-state index contributed by atoms with van der Waals surface area (Å²) in [6.45, 7) is 0.578. The Morgan fingerprint density at radius 2 is 1.89 bits per heavy atom. The number of rotatable bonds is 5. The summed E-state index contributed by atoms with van der Waals surface area (Å²) in [5, 5.41) is 10.3. The lowest BCUT2D eigenvalue weighted by molar-refractivity contribution is -0.119. The average Bonchev–Trinajstić information content (AvgIpc) is 3.37. The van der Waals surface area contributed by atoms with Gasteiger partial charge in [0.15, 0.2) is 5.78 Å². The van der Waals surface area contributed by atoms with Crippen LogP contribution < -0.4 is 0 Å². The van der Waals surface area contributed by atoms with Crippen molar-refractivity contribution in [2.75, 3.05) is 6.54 Å². The lowest BCUT2D eigenvalue weighted by Gasteiger charge is -2.20. The molecule has 4 heterocycles. The molecule has 0 radical (unpaired) electrons. The minimum atomic E-state index is 0.269. The second-order valence-corrected chi connectivity index (χ2v) is 7.87. The number of aryl methyl sites for hydroxylation is 1. The van der Waals surface area contributed by atoms with Crippen LogP contribution >= 0.6 is 0 Å². The smallest absolute Gasteiger partial charge is 0.152 e. The van der Waals surface area contributed by atoms with E-state index in [0.29, 0.717) is 25.0 Å². The zero-order valence-electron chi connectivity index (χ0n) is 15.5. The second kappa shape index (κ2) is 6.53. The predicted molar refractivity (Wildman–Crippen MR) is 103 cm³/mol. The molecule has 0 N–H and O–H groups in total. The minimum absolute atomic E-state index is 0.269. The molecule has 27 heavy (non-hydrogen) atoms. The Morgan fingerprint density at radius 3 is 2.59 bits per heavy atom. The van der Waals surface area contributed by atoms with Gasteiger partial charge in [-0.3, -0.25) is 19.4 Å². The maximum absolute atomic E-state index is 12.6. The predicted octanol–water partition coefficient (Wildman–Crippen LogP) is 2.77. The first kappa shape index (κ1) is 16.6. The monoisotopic (exact) mass is 361 g/mol. The zero-order valence-corrected chi connectivity index (χ0v) is 15.5. The fourth-order valence-electron chi connectivity index (χ4n) is 4.66. The van der Waals surface area contributed by atoms with E-state index in [1.165, 1.54) is 25.7 Å². The van der Waals surface area contributed by atoms with Crippen LogP contribution in [-0.2, 0) is 18.3 Å². The maximum atomic E-state index is 12.6. The summed E-state index contributed by atoms with van der Waals surface area (Å²) in [5.74, 6) is 0.269. The van der Waals surface area contributed by atoms with Crippen molar-refractivity contribution in [3.8, 4) is 11.3 Å². The molecule has 6 heteroatoms. The Hall–Kier alpha value is -2.60. The number of fused-ring (bicyclic) bond motifs is 3. The van der Waals surface area contributed by atoms with E-state index in [9.17, 15) is 4.79 Å². The van der Waals surface area contributed by atoms with E-state index in [2.05, 4.69) is 26.3 Å². The van der Waals surface area contributed by atoms with E-state index in [1.54, 1.807) is 4.68 Å². The largest absolute Gasteiger partial charge is 0.298 e. The maximum Gasteiger partial charge on any atom is 0.152 e. The van der Waals surface area contributed by atoms with Crippen LogP contribution in [0.5, 0.6) is 0 Å². The summed E-state index contributed by atoms with van der Waals surface area (Å²) in [6.07, 6.45) is 9.21. The van der Waals surface area contributed by atoms with Crippen molar-refractivity contribution in [1.29, 1.82) is 0 Å². The molecule has 6 nitrogen and oxygen atoms in total. The highest BCUT2D eigenvalue weighted by Gasteiger charge is 2.39. The highest BCUT2D eigenvalue weighted by molar-refractivity contribution is 5.88. The van der Waals surface area contributed by atoms with Crippen molar-refractivity contribution in [1.82, 2.24) is 24.9 Å². The van der Waals surface area contributed by atoms with Gasteiger partial charge in [-0.25, -0.2) is 0 Å². The number of Topliss-reactive ketones (excluding diaryl/α,β-unsaturated/α-hetero) is 1. The lowest BCUT2D eigenvalue weighted by Crippen LogP contribution is -2.34. The van der Waals surface area contributed by atoms with Crippen molar-refractivity contribution in [2.45, 2.75) is 44.2 Å². The fourth-order valence-corrected chi connectivity index (χ4v) is 4.66. The molecule has 2 aromatic heterocycles. The molecule has 2 fully saturated rings. The van der Waals surface area contributed by atoms with Crippen molar-refractivity contribution < 1.29 is 4.79 Å². The summed E-state index contributed by atoms with van der Waals surface area (Å²) in [5.41, 5.74) is 2.71. The van der Waals surface area contributed by atoms with E-state index in [-0.39, 0.29) is 5.78 Å². The molecule has 0 aliphatic carbocycles. The molecule has 0 amide bonds. The number of benzene rings is 1. The Bertz CT molecular complexity index is 991. The van der Waals surface area contributed by atoms with E-state index in [0.717, 1.165) is 27.7 Å². The van der Waals surface area contributed by atoms with Gasteiger partial charge in [0.1, 0.15) is 5.69 Å². The van der Waals surface area contributed by atoms with Crippen LogP contribution in [0, 0.1) is 0 Å². The molecule has 5 rings (SSSR count). The third-order valence-corrected chi connectivity index (χ3v) is 6.02. The van der Waals surface area contributed by atoms with Crippen LogP contribution in [-0.4, -0.2) is 49.3 Å². The number of aromatic nitrogens is 4. The van der Waals surface area contributed by atoms with Gasteiger partial charge in [-0.1, -0.05) is 17.3 Å². The van der Waals surface area contributed by atoms with Crippen LogP contribution in [0.3, 0.4) is 0 Å². The van der Waals surface area contributed by atoms with Crippen molar-refractivity contribution in [3.63, 3.8) is 0 Å². The van der Waals surface area contributed by atoms with Gasteiger partial charge in [0.2, 0.25) is 0 Å². The van der Waals surface area contributed by atoms with E-state index in [4.69, 9.17) is 0 Å². The van der Waals surface area contributed by atoms with Crippen LogP contribution in [0.4, 0.5) is 0 Å². The number of hydrogen-bond donors (Lipinski definition) is 0. The third-order valence-electron chi connectivity index (χ3n) is 6.02. The summed E-state index contributed by atoms with van der Waals surface area (Å²) >= 11 is 0. The molecule has 2 saturated heterocycles. The van der Waals surface area contributed by atoms with Gasteiger partial charge in [-0.15, -0.1) is 5.10 Å². The van der Waals surface area contributed by atoms with E-state index in [1.807, 2.05) is 37.6 Å². The first-order valence-corrected chi connectivity index (χ1v) is 9.68. The number of carbonyl (C=O) groups is 1. The molecule has 0 unspecified atom stereocenters. The van der Waals surface area contributed by atoms with Crippen molar-refractivity contribution >= 4 is 16.6 Å². The summed E-state index contributed by atoms with van der Waals surface area (Å²) in [4.78, 5) is 19.5. The first-order chi connectivity index (χ1) is 13.2. The second-order valence-electron chi connectivity index (χ2n) is 7.87. The molecule has 0 atom stereocenters. The van der Waals surface area contributed by atoms with Crippen molar-refractivity contribution in [2.24, 2.45) is 7.05 Å². The Kier molecular flexibility index (Phi) is 4.01.